The quantitative estimate of drug-likeness (QED) is 0.0205. The minimum absolute atomic E-state index is 0.0428. The van der Waals surface area contributed by atoms with Crippen LogP contribution < -0.4 is 0 Å². The van der Waals surface area contributed by atoms with Crippen molar-refractivity contribution < 1.29 is 43.0 Å². The van der Waals surface area contributed by atoms with Crippen LogP contribution in [0.15, 0.2) is 48.8 Å². The van der Waals surface area contributed by atoms with Crippen LogP contribution in [0.5, 0.6) is 0 Å². The number of carbonyl (C=O) groups excluding carboxylic acids is 2. The first kappa shape index (κ1) is 45.0. The fourth-order valence-electron chi connectivity index (χ4n) is 5.75. The van der Waals surface area contributed by atoms with Crippen molar-refractivity contribution in [2.75, 3.05) is 13.2 Å². The SMILES string of the molecule is CCCCCCCCCCCCCC/C=C/OC[C@H](COP(=O)(O)O)OC(=O)CCC/C=C\C[C@H]1C=CC(=O)[C@@H]1/C=C/[C@@H](O)CCCCC. The molecule has 4 atom stereocenters. The number of carbonyl (C=O) groups is 2. The van der Waals surface area contributed by atoms with Crippen molar-refractivity contribution in [3.8, 4) is 0 Å². The third-order valence-electron chi connectivity index (χ3n) is 8.69. The zero-order valence-electron chi connectivity index (χ0n) is 30.4. The molecule has 0 heterocycles. The van der Waals surface area contributed by atoms with Crippen LogP contribution in [-0.2, 0) is 28.2 Å². The van der Waals surface area contributed by atoms with Crippen LogP contribution in [0.25, 0.3) is 0 Å². The van der Waals surface area contributed by atoms with Gasteiger partial charge in [-0.25, -0.2) is 4.57 Å². The second kappa shape index (κ2) is 29.7. The third kappa shape index (κ3) is 26.4. The number of ether oxygens (including phenoxy) is 2. The summed E-state index contributed by atoms with van der Waals surface area (Å²) in [5.74, 6) is -0.668. The Kier molecular flexibility index (Phi) is 27.2. The van der Waals surface area contributed by atoms with Crippen molar-refractivity contribution >= 4 is 19.6 Å². The van der Waals surface area contributed by atoms with Gasteiger partial charge in [-0.05, 0) is 56.6 Å². The monoisotopic (exact) mass is 710 g/mol. The molecular weight excluding hydrogens is 643 g/mol. The number of allylic oxidation sites excluding steroid dienone is 6. The molecule has 9 nitrogen and oxygen atoms in total. The van der Waals surface area contributed by atoms with Crippen LogP contribution in [0.4, 0.5) is 0 Å². The normalized spacial score (nSPS) is 17.9. The molecule has 282 valence electrons. The minimum atomic E-state index is -4.72. The second-order valence-electron chi connectivity index (χ2n) is 13.3. The molecule has 0 radical (unpaired) electrons. The van der Waals surface area contributed by atoms with Gasteiger partial charge in [0.1, 0.15) is 6.61 Å². The van der Waals surface area contributed by atoms with E-state index in [1.165, 1.54) is 70.6 Å². The fraction of sp³-hybridized carbons (Fsp3) is 0.744. The van der Waals surface area contributed by atoms with Crippen molar-refractivity contribution in [1.82, 2.24) is 0 Å². The number of esters is 1. The van der Waals surface area contributed by atoms with Crippen molar-refractivity contribution in [2.45, 2.75) is 161 Å². The lowest BCUT2D eigenvalue weighted by atomic mass is 9.90. The zero-order chi connectivity index (χ0) is 36.0. The van der Waals surface area contributed by atoms with E-state index >= 15 is 0 Å². The minimum Gasteiger partial charge on any atom is -0.498 e. The third-order valence-corrected chi connectivity index (χ3v) is 9.18. The van der Waals surface area contributed by atoms with E-state index < -0.39 is 32.6 Å². The number of aliphatic hydroxyl groups excluding tert-OH is 1. The molecule has 0 aliphatic heterocycles. The first-order chi connectivity index (χ1) is 23.7. The number of phosphoric ester groups is 1. The molecule has 0 bridgehead atoms. The zero-order valence-corrected chi connectivity index (χ0v) is 31.3. The van der Waals surface area contributed by atoms with E-state index in [1.807, 2.05) is 30.4 Å². The molecule has 10 heteroatoms. The fourth-order valence-corrected chi connectivity index (χ4v) is 6.11. The summed E-state index contributed by atoms with van der Waals surface area (Å²) in [5.41, 5.74) is 0. The Bertz CT molecular complexity index is 1020. The van der Waals surface area contributed by atoms with E-state index in [2.05, 4.69) is 18.4 Å². The Labute approximate surface area is 296 Å². The molecule has 0 saturated heterocycles. The Morgan fingerprint density at radius 2 is 1.45 bits per heavy atom. The van der Waals surface area contributed by atoms with Crippen LogP contribution >= 0.6 is 7.82 Å². The van der Waals surface area contributed by atoms with E-state index in [4.69, 9.17) is 19.3 Å². The van der Waals surface area contributed by atoms with E-state index in [0.717, 1.165) is 32.1 Å². The highest BCUT2D eigenvalue weighted by molar-refractivity contribution is 7.46. The van der Waals surface area contributed by atoms with Gasteiger partial charge in [0.2, 0.25) is 0 Å². The van der Waals surface area contributed by atoms with Crippen LogP contribution in [0.2, 0.25) is 0 Å². The van der Waals surface area contributed by atoms with Crippen molar-refractivity contribution in [3.05, 3.63) is 48.8 Å². The Hall–Kier alpha value is -2.03. The maximum Gasteiger partial charge on any atom is 0.469 e. The topological polar surface area (TPSA) is 140 Å². The van der Waals surface area contributed by atoms with Crippen molar-refractivity contribution in [2.24, 2.45) is 11.8 Å². The number of phosphoric acid groups is 1. The highest BCUT2D eigenvalue weighted by Gasteiger charge is 2.27. The summed E-state index contributed by atoms with van der Waals surface area (Å²) in [7, 11) is -4.72. The number of ketones is 1. The molecule has 0 saturated carbocycles. The van der Waals surface area contributed by atoms with E-state index in [0.29, 0.717) is 25.7 Å². The van der Waals surface area contributed by atoms with Crippen LogP contribution in [-0.4, -0.2) is 52.1 Å². The van der Waals surface area contributed by atoms with Crippen LogP contribution in [0, 0.1) is 11.8 Å². The molecule has 0 amide bonds. The summed E-state index contributed by atoms with van der Waals surface area (Å²) < 4.78 is 26.7. The van der Waals surface area contributed by atoms with E-state index in [-0.39, 0.29) is 30.6 Å². The van der Waals surface area contributed by atoms with Crippen molar-refractivity contribution in [3.63, 3.8) is 0 Å². The molecule has 0 aromatic heterocycles. The standard InChI is InChI=1S/C39H67O9P/c1-3-5-7-8-9-10-11-12-13-14-15-16-19-23-31-46-32-36(33-47-49(43,44)45)48-39(42)26-22-18-17-21-24-34-27-30-38(41)37(34)29-28-35(40)25-20-6-4-2/h17,21,23,27-31,34-37,40H,3-16,18-20,22,24-26,32-33H2,1-2H3,(H2,43,44,45)/b21-17-,29-28+,31-23+/t34-,35-,36+,37+/m0/s1. The van der Waals surface area contributed by atoms with Gasteiger partial charge < -0.3 is 24.4 Å². The summed E-state index contributed by atoms with van der Waals surface area (Å²) >= 11 is 0. The molecule has 0 fully saturated rings. The first-order valence-electron chi connectivity index (χ1n) is 19.1. The van der Waals surface area contributed by atoms with Gasteiger partial charge in [-0.2, -0.15) is 0 Å². The van der Waals surface area contributed by atoms with Gasteiger partial charge in [0, 0.05) is 12.3 Å². The number of aliphatic hydroxyl groups is 1. The molecule has 1 aliphatic rings. The lowest BCUT2D eigenvalue weighted by Gasteiger charge is -2.17. The smallest absolute Gasteiger partial charge is 0.469 e. The second-order valence-corrected chi connectivity index (χ2v) is 14.5. The van der Waals surface area contributed by atoms with Gasteiger partial charge in [-0.3, -0.25) is 14.1 Å². The summed E-state index contributed by atoms with van der Waals surface area (Å²) in [6, 6.07) is 0. The molecule has 0 spiro atoms. The van der Waals surface area contributed by atoms with Gasteiger partial charge in [0.15, 0.2) is 11.9 Å². The molecular formula is C39H67O9P. The maximum absolute atomic E-state index is 12.4. The Morgan fingerprint density at radius 3 is 2.10 bits per heavy atom. The van der Waals surface area contributed by atoms with Gasteiger partial charge in [0.25, 0.3) is 0 Å². The average molecular weight is 711 g/mol. The molecule has 3 N–H and O–H groups in total. The van der Waals surface area contributed by atoms with Crippen LogP contribution in [0.1, 0.15) is 149 Å². The van der Waals surface area contributed by atoms with Crippen molar-refractivity contribution in [1.29, 1.82) is 0 Å². The summed E-state index contributed by atoms with van der Waals surface area (Å²) in [6.45, 7) is 3.83. The average Bonchev–Trinajstić information content (AvgIpc) is 3.42. The van der Waals surface area contributed by atoms with E-state index in [9.17, 15) is 19.3 Å². The number of unbranched alkanes of at least 4 members (excludes halogenated alkanes) is 15. The van der Waals surface area contributed by atoms with E-state index in [1.54, 1.807) is 18.4 Å². The molecule has 0 unspecified atom stereocenters. The predicted molar refractivity (Wildman–Crippen MR) is 197 cm³/mol. The molecule has 0 aromatic carbocycles. The molecule has 1 rings (SSSR count). The summed E-state index contributed by atoms with van der Waals surface area (Å²) in [5, 5.41) is 10.2. The lowest BCUT2D eigenvalue weighted by molar-refractivity contribution is -0.153. The van der Waals surface area contributed by atoms with Gasteiger partial charge >= 0.3 is 13.8 Å². The summed E-state index contributed by atoms with van der Waals surface area (Å²) in [6.07, 6.45) is 35.3. The van der Waals surface area contributed by atoms with Crippen LogP contribution in [0.3, 0.4) is 0 Å². The molecule has 0 aromatic rings. The highest BCUT2D eigenvalue weighted by Crippen LogP contribution is 2.36. The highest BCUT2D eigenvalue weighted by atomic mass is 31.2. The molecule has 1 aliphatic carbocycles. The lowest BCUT2D eigenvalue weighted by Crippen LogP contribution is -2.27. The Balaban J connectivity index is 2.28. The van der Waals surface area contributed by atoms with Gasteiger partial charge in [-0.15, -0.1) is 0 Å². The first-order valence-corrected chi connectivity index (χ1v) is 20.6. The number of hydrogen-bond donors (Lipinski definition) is 3. The maximum atomic E-state index is 12.4. The number of rotatable bonds is 32. The Morgan fingerprint density at radius 1 is 0.837 bits per heavy atom. The molecule has 49 heavy (non-hydrogen) atoms. The largest absolute Gasteiger partial charge is 0.498 e. The predicted octanol–water partition coefficient (Wildman–Crippen LogP) is 9.61. The summed E-state index contributed by atoms with van der Waals surface area (Å²) in [4.78, 5) is 42.9. The number of hydrogen-bond acceptors (Lipinski definition) is 7. The van der Waals surface area contributed by atoms with Gasteiger partial charge in [-0.1, -0.05) is 134 Å². The van der Waals surface area contributed by atoms with Gasteiger partial charge in [0.05, 0.1) is 19.0 Å².